The normalized spacial score (nSPS) is 23.2. The minimum atomic E-state index is -2.81. The Hall–Kier alpha value is -3.96. The molecule has 6 atom stereocenters. The molecule has 1 aliphatic heterocycles. The first-order valence-electron chi connectivity index (χ1n) is 15.8. The lowest BCUT2D eigenvalue weighted by Crippen LogP contribution is -2.71. The summed E-state index contributed by atoms with van der Waals surface area (Å²) in [5, 5.41) is 12.1. The van der Waals surface area contributed by atoms with E-state index >= 15 is 4.39 Å². The van der Waals surface area contributed by atoms with Crippen molar-refractivity contribution in [1.29, 1.82) is 0 Å². The van der Waals surface area contributed by atoms with Gasteiger partial charge in [0.25, 0.3) is 6.17 Å². The van der Waals surface area contributed by atoms with E-state index in [9.17, 15) is 9.90 Å². The van der Waals surface area contributed by atoms with Crippen molar-refractivity contribution in [3.8, 4) is 0 Å². The predicted molar refractivity (Wildman–Crippen MR) is 173 cm³/mol. The van der Waals surface area contributed by atoms with Crippen molar-refractivity contribution in [2.45, 2.75) is 69.7 Å². The quantitative estimate of drug-likeness (QED) is 0.150. The molecule has 0 amide bonds. The molecule has 0 radical (unpaired) electrons. The van der Waals surface area contributed by atoms with E-state index in [2.05, 4.69) is 0 Å². The van der Waals surface area contributed by atoms with Crippen molar-refractivity contribution in [2.75, 3.05) is 13.2 Å². The number of benzene rings is 4. The number of halogens is 1. The lowest BCUT2D eigenvalue weighted by Gasteiger charge is -2.50. The van der Waals surface area contributed by atoms with Gasteiger partial charge in [-0.3, -0.25) is 0 Å². The smallest absolute Gasteiger partial charge is 0.346 e. The van der Waals surface area contributed by atoms with Gasteiger partial charge >= 0.3 is 5.97 Å². The SMILES string of the molecule is CCOC(=O)C(F)[C@]1(O)O[C@H](COCc2ccccc2)[C@@H](OCc2ccccc2)[C@H](OCc2ccccc2)[C@H]1OCc1ccccc1. The molecule has 5 rings (SSSR count). The Morgan fingerprint density at radius 1 is 0.702 bits per heavy atom. The largest absolute Gasteiger partial charge is 0.464 e. The number of carbonyl (C=O) groups excluding carboxylic acids is 1. The van der Waals surface area contributed by atoms with Gasteiger partial charge in [-0.25, -0.2) is 9.18 Å². The fourth-order valence-electron chi connectivity index (χ4n) is 5.47. The molecule has 9 heteroatoms. The van der Waals surface area contributed by atoms with Crippen LogP contribution in [0.3, 0.4) is 0 Å². The predicted octanol–water partition coefficient (Wildman–Crippen LogP) is 5.95. The molecule has 1 saturated heterocycles. The van der Waals surface area contributed by atoms with Crippen molar-refractivity contribution in [3.05, 3.63) is 144 Å². The van der Waals surface area contributed by atoms with Crippen LogP contribution in [0.25, 0.3) is 0 Å². The van der Waals surface area contributed by atoms with Crippen molar-refractivity contribution >= 4 is 5.97 Å². The third-order valence-electron chi connectivity index (χ3n) is 7.83. The summed E-state index contributed by atoms with van der Waals surface area (Å²) in [6.07, 6.45) is -7.24. The van der Waals surface area contributed by atoms with Crippen LogP contribution in [0, 0.1) is 0 Å². The molecule has 1 unspecified atom stereocenters. The maximum Gasteiger partial charge on any atom is 0.346 e. The maximum atomic E-state index is 16.2. The number of rotatable bonds is 16. The van der Waals surface area contributed by atoms with Gasteiger partial charge in [0.05, 0.1) is 39.6 Å². The van der Waals surface area contributed by atoms with Crippen LogP contribution in [-0.4, -0.2) is 60.7 Å². The van der Waals surface area contributed by atoms with Gasteiger partial charge in [-0.15, -0.1) is 0 Å². The van der Waals surface area contributed by atoms with E-state index in [0.29, 0.717) is 0 Å². The number of aliphatic hydroxyl groups is 1. The summed E-state index contributed by atoms with van der Waals surface area (Å²) < 4.78 is 52.7. The van der Waals surface area contributed by atoms with E-state index in [1.54, 1.807) is 6.92 Å². The molecule has 47 heavy (non-hydrogen) atoms. The number of ether oxygens (including phenoxy) is 6. The van der Waals surface area contributed by atoms with Gasteiger partial charge in [-0.1, -0.05) is 121 Å². The van der Waals surface area contributed by atoms with Crippen LogP contribution < -0.4 is 0 Å². The van der Waals surface area contributed by atoms with Crippen molar-refractivity contribution in [3.63, 3.8) is 0 Å². The molecule has 1 fully saturated rings. The lowest BCUT2D eigenvalue weighted by molar-refractivity contribution is -0.383. The highest BCUT2D eigenvalue weighted by Gasteiger charge is 2.62. The Balaban J connectivity index is 1.51. The van der Waals surface area contributed by atoms with Crippen LogP contribution >= 0.6 is 0 Å². The Labute approximate surface area is 275 Å². The minimum absolute atomic E-state index is 0.0293. The van der Waals surface area contributed by atoms with Crippen LogP contribution in [0.1, 0.15) is 29.2 Å². The summed E-state index contributed by atoms with van der Waals surface area (Å²) in [4.78, 5) is 12.9. The van der Waals surface area contributed by atoms with E-state index in [-0.39, 0.29) is 39.6 Å². The van der Waals surface area contributed by atoms with Crippen molar-refractivity contribution in [2.24, 2.45) is 0 Å². The first kappa shape index (κ1) is 34.4. The molecule has 0 aromatic heterocycles. The molecule has 0 aliphatic carbocycles. The van der Waals surface area contributed by atoms with Gasteiger partial charge in [0, 0.05) is 0 Å². The topological polar surface area (TPSA) is 92.7 Å². The lowest BCUT2D eigenvalue weighted by atomic mass is 9.88. The molecule has 0 spiro atoms. The first-order chi connectivity index (χ1) is 23.0. The first-order valence-corrected chi connectivity index (χ1v) is 15.8. The van der Waals surface area contributed by atoms with Gasteiger partial charge in [0.2, 0.25) is 5.79 Å². The third-order valence-corrected chi connectivity index (χ3v) is 7.83. The van der Waals surface area contributed by atoms with Gasteiger partial charge in [-0.05, 0) is 29.2 Å². The molecule has 4 aromatic rings. The third kappa shape index (κ3) is 9.32. The molecule has 1 N–H and O–H groups in total. The van der Waals surface area contributed by atoms with E-state index in [0.717, 1.165) is 22.3 Å². The van der Waals surface area contributed by atoms with Crippen molar-refractivity contribution < 1.29 is 42.7 Å². The highest BCUT2D eigenvalue weighted by molar-refractivity contribution is 5.76. The molecular formula is C38H41FO8. The Bertz CT molecular complexity index is 1480. The number of alkyl halides is 1. The monoisotopic (exact) mass is 644 g/mol. The molecule has 1 heterocycles. The summed E-state index contributed by atoms with van der Waals surface area (Å²) >= 11 is 0. The second kappa shape index (κ2) is 17.3. The fraction of sp³-hybridized carbons (Fsp3) is 0.342. The van der Waals surface area contributed by atoms with E-state index in [1.807, 2.05) is 121 Å². The van der Waals surface area contributed by atoms with Gasteiger partial charge < -0.3 is 33.5 Å². The van der Waals surface area contributed by atoms with Crippen LogP contribution in [-0.2, 0) is 59.6 Å². The second-order valence-corrected chi connectivity index (χ2v) is 11.3. The summed E-state index contributed by atoms with van der Waals surface area (Å²) in [6.45, 7) is 1.80. The van der Waals surface area contributed by atoms with Gasteiger partial charge in [-0.2, -0.15) is 0 Å². The van der Waals surface area contributed by atoms with E-state index in [1.165, 1.54) is 0 Å². The number of hydrogen-bond donors (Lipinski definition) is 1. The Morgan fingerprint density at radius 3 is 1.60 bits per heavy atom. The Morgan fingerprint density at radius 2 is 1.13 bits per heavy atom. The highest BCUT2D eigenvalue weighted by Crippen LogP contribution is 2.39. The molecular weight excluding hydrogens is 603 g/mol. The number of hydrogen-bond acceptors (Lipinski definition) is 8. The average Bonchev–Trinajstić information content (AvgIpc) is 3.11. The highest BCUT2D eigenvalue weighted by atomic mass is 19.1. The maximum absolute atomic E-state index is 16.2. The summed E-state index contributed by atoms with van der Waals surface area (Å²) in [6, 6.07) is 37.7. The molecule has 248 valence electrons. The zero-order chi connectivity index (χ0) is 32.9. The van der Waals surface area contributed by atoms with Crippen LogP contribution in [0.5, 0.6) is 0 Å². The van der Waals surface area contributed by atoms with Crippen molar-refractivity contribution in [1.82, 2.24) is 0 Å². The summed E-state index contributed by atoms with van der Waals surface area (Å²) in [7, 11) is 0. The molecule has 1 aliphatic rings. The molecule has 4 aromatic carbocycles. The average molecular weight is 645 g/mol. The minimum Gasteiger partial charge on any atom is -0.464 e. The van der Waals surface area contributed by atoms with Crippen LogP contribution in [0.4, 0.5) is 4.39 Å². The molecule has 0 saturated carbocycles. The second-order valence-electron chi connectivity index (χ2n) is 11.3. The summed E-state index contributed by atoms with van der Waals surface area (Å²) in [5.41, 5.74) is 3.40. The number of esters is 1. The molecule has 0 bridgehead atoms. The Kier molecular flexibility index (Phi) is 12.6. The zero-order valence-corrected chi connectivity index (χ0v) is 26.4. The van der Waals surface area contributed by atoms with Gasteiger partial charge in [0.15, 0.2) is 0 Å². The zero-order valence-electron chi connectivity index (χ0n) is 26.4. The van der Waals surface area contributed by atoms with Gasteiger partial charge in [0.1, 0.15) is 24.4 Å². The van der Waals surface area contributed by atoms with E-state index < -0.39 is 42.3 Å². The summed E-state index contributed by atoms with van der Waals surface area (Å²) in [5.74, 6) is -4.09. The van der Waals surface area contributed by atoms with Crippen LogP contribution in [0.15, 0.2) is 121 Å². The fourth-order valence-corrected chi connectivity index (χ4v) is 5.47. The van der Waals surface area contributed by atoms with Crippen LogP contribution in [0.2, 0.25) is 0 Å². The molecule has 8 nitrogen and oxygen atoms in total. The number of carbonyl (C=O) groups is 1. The van der Waals surface area contributed by atoms with E-state index in [4.69, 9.17) is 28.4 Å². The standard InChI is InChI=1S/C38H41FO8/c1-2-43-37(40)35(39)38(41)36(46-26-31-21-13-6-14-22-31)34(45-25-30-19-11-5-12-20-30)33(44-24-29-17-9-4-10-18-29)32(47-38)27-42-23-28-15-7-3-8-16-28/h3-22,32-36,41H,2,23-27H2,1H3/t32-,33-,34+,35?,36-,38+/m1/s1.